The molecule has 5 aliphatic rings. The third-order valence-corrected chi connectivity index (χ3v) is 9.03. The first-order chi connectivity index (χ1) is 19.0. The van der Waals surface area contributed by atoms with E-state index in [1.165, 1.54) is 17.0 Å². The second-order valence-corrected chi connectivity index (χ2v) is 11.5. The quantitative estimate of drug-likeness (QED) is 0.544. The van der Waals surface area contributed by atoms with Crippen LogP contribution in [0.15, 0.2) is 23.1 Å². The van der Waals surface area contributed by atoms with Crippen LogP contribution in [0.1, 0.15) is 44.8 Å². The molecule has 3 saturated heterocycles. The van der Waals surface area contributed by atoms with Gasteiger partial charge in [0.25, 0.3) is 11.8 Å². The predicted octanol–water partition coefficient (Wildman–Crippen LogP) is 1.11. The Kier molecular flexibility index (Phi) is 5.92. The van der Waals surface area contributed by atoms with Crippen LogP contribution in [0.25, 0.3) is 0 Å². The van der Waals surface area contributed by atoms with Crippen molar-refractivity contribution < 1.29 is 19.2 Å². The van der Waals surface area contributed by atoms with Crippen molar-refractivity contribution in [1.29, 1.82) is 0 Å². The number of anilines is 2. The third-order valence-electron chi connectivity index (χ3n) is 7.91. The topological polar surface area (TPSA) is 122 Å². The molecule has 0 spiro atoms. The minimum Gasteiger partial charge on any atom is -0.353 e. The van der Waals surface area contributed by atoms with Crippen molar-refractivity contribution in [2.24, 2.45) is 0 Å². The molecule has 202 valence electrons. The highest BCUT2D eigenvalue weighted by molar-refractivity contribution is 7.99. The van der Waals surface area contributed by atoms with E-state index in [9.17, 15) is 19.2 Å². The fraction of sp³-hybridized carbons (Fsp3) is 0.462. The number of hydrazine groups is 1. The van der Waals surface area contributed by atoms with Gasteiger partial charge in [-0.3, -0.25) is 24.6 Å². The van der Waals surface area contributed by atoms with E-state index in [1.54, 1.807) is 12.1 Å². The Morgan fingerprint density at radius 1 is 0.846 bits per heavy atom. The number of imide groups is 2. The van der Waals surface area contributed by atoms with Crippen LogP contribution in [0.2, 0.25) is 0 Å². The Hall–Kier alpha value is -3.71. The van der Waals surface area contributed by atoms with Crippen LogP contribution in [0, 0.1) is 0 Å². The van der Waals surface area contributed by atoms with Crippen molar-refractivity contribution in [3.8, 4) is 0 Å². The summed E-state index contributed by atoms with van der Waals surface area (Å²) in [5.41, 5.74) is 2.66. The summed E-state index contributed by atoms with van der Waals surface area (Å²) < 4.78 is 0. The normalized spacial score (nSPS) is 21.3. The van der Waals surface area contributed by atoms with Crippen molar-refractivity contribution in [3.05, 3.63) is 40.6 Å². The summed E-state index contributed by atoms with van der Waals surface area (Å²) in [5, 5.41) is 4.03. The number of carbonyl (C=O) groups is 4. The van der Waals surface area contributed by atoms with E-state index in [2.05, 4.69) is 20.0 Å². The van der Waals surface area contributed by atoms with Crippen molar-refractivity contribution in [2.75, 3.05) is 61.4 Å². The molecule has 0 atom stereocenters. The van der Waals surface area contributed by atoms with Gasteiger partial charge < -0.3 is 9.80 Å². The van der Waals surface area contributed by atoms with Crippen LogP contribution in [-0.4, -0.2) is 100 Å². The van der Waals surface area contributed by atoms with Gasteiger partial charge in [-0.15, -0.1) is 11.8 Å². The van der Waals surface area contributed by atoms with Gasteiger partial charge in [0, 0.05) is 64.4 Å². The highest BCUT2D eigenvalue weighted by atomic mass is 32.2. The van der Waals surface area contributed by atoms with Gasteiger partial charge in [-0.25, -0.2) is 14.8 Å². The minimum atomic E-state index is -0.761. The Labute approximate surface area is 229 Å². The van der Waals surface area contributed by atoms with Gasteiger partial charge in [0.15, 0.2) is 0 Å². The smallest absolute Gasteiger partial charge is 0.343 e. The van der Waals surface area contributed by atoms with Crippen LogP contribution in [0.3, 0.4) is 0 Å². The number of nitrogens with one attached hydrogen (secondary N) is 1. The first-order valence-electron chi connectivity index (χ1n) is 13.4. The molecule has 7 rings (SSSR count). The predicted molar refractivity (Wildman–Crippen MR) is 143 cm³/mol. The molecule has 12 nitrogen and oxygen atoms in total. The summed E-state index contributed by atoms with van der Waals surface area (Å²) in [7, 11) is 0. The molecule has 5 aliphatic heterocycles. The molecular weight excluding hydrogens is 520 g/mol. The molecule has 5 amide bonds. The molecule has 39 heavy (non-hydrogen) atoms. The number of fused-ring (bicyclic) bond motifs is 2. The standard InChI is InChI=1S/C26H28N8O4S/c35-20-4-8-33(26(38)28-20)34-23(36)17-3-2-16(14-18(17)24(34)37)15-30-9-11-31(12-10-30)22-21-19(5-13-39-21)27-25(29-22)32-6-1-7-32/h2-3,14H,1,4-13,15H2,(H,28,35,38). The Bertz CT molecular complexity index is 1400. The summed E-state index contributed by atoms with van der Waals surface area (Å²) in [6, 6.07) is 4.52. The zero-order valence-corrected chi connectivity index (χ0v) is 22.2. The summed E-state index contributed by atoms with van der Waals surface area (Å²) in [6.45, 7) is 6.08. The van der Waals surface area contributed by atoms with Crippen LogP contribution in [0.4, 0.5) is 16.6 Å². The lowest BCUT2D eigenvalue weighted by molar-refractivity contribution is -0.122. The number of hydrogen-bond acceptors (Lipinski definition) is 10. The second kappa shape index (κ2) is 9.49. The zero-order valence-electron chi connectivity index (χ0n) is 21.4. The molecule has 3 fully saturated rings. The van der Waals surface area contributed by atoms with Crippen molar-refractivity contribution in [3.63, 3.8) is 0 Å². The molecule has 0 saturated carbocycles. The molecule has 1 aromatic heterocycles. The third kappa shape index (κ3) is 4.20. The van der Waals surface area contributed by atoms with Gasteiger partial charge in [-0.1, -0.05) is 6.07 Å². The minimum absolute atomic E-state index is 0.0131. The van der Waals surface area contributed by atoms with E-state index in [0.29, 0.717) is 6.54 Å². The molecule has 0 aliphatic carbocycles. The van der Waals surface area contributed by atoms with Gasteiger partial charge in [-0.2, -0.15) is 9.99 Å². The number of thioether (sulfide) groups is 1. The molecule has 6 heterocycles. The fourth-order valence-electron chi connectivity index (χ4n) is 5.63. The number of carbonyl (C=O) groups excluding carboxylic acids is 4. The van der Waals surface area contributed by atoms with Gasteiger partial charge >= 0.3 is 6.03 Å². The summed E-state index contributed by atoms with van der Waals surface area (Å²) in [5.74, 6) is 1.47. The highest BCUT2D eigenvalue weighted by Gasteiger charge is 2.43. The van der Waals surface area contributed by atoms with E-state index in [0.717, 1.165) is 78.8 Å². The maximum atomic E-state index is 13.1. The number of amides is 5. The molecular formula is C26H28N8O4S. The van der Waals surface area contributed by atoms with Crippen LogP contribution >= 0.6 is 11.8 Å². The van der Waals surface area contributed by atoms with E-state index in [4.69, 9.17) is 9.97 Å². The number of rotatable bonds is 5. The lowest BCUT2D eigenvalue weighted by Crippen LogP contribution is -2.58. The van der Waals surface area contributed by atoms with E-state index < -0.39 is 23.8 Å². The monoisotopic (exact) mass is 548 g/mol. The molecule has 2 aromatic rings. The number of hydrogen-bond donors (Lipinski definition) is 1. The Morgan fingerprint density at radius 3 is 2.38 bits per heavy atom. The summed E-state index contributed by atoms with van der Waals surface area (Å²) in [4.78, 5) is 67.8. The Balaban J connectivity index is 1.03. The van der Waals surface area contributed by atoms with Crippen LogP contribution in [-0.2, 0) is 17.8 Å². The first-order valence-corrected chi connectivity index (χ1v) is 14.3. The molecule has 0 bridgehead atoms. The number of urea groups is 1. The molecule has 1 aromatic carbocycles. The fourth-order valence-corrected chi connectivity index (χ4v) is 6.74. The summed E-state index contributed by atoms with van der Waals surface area (Å²) >= 11 is 1.85. The van der Waals surface area contributed by atoms with E-state index in [-0.39, 0.29) is 24.1 Å². The van der Waals surface area contributed by atoms with Crippen molar-refractivity contribution in [1.82, 2.24) is 30.2 Å². The molecule has 0 radical (unpaired) electrons. The SMILES string of the molecule is O=C1CCN(N2C(=O)c3ccc(CN4CCN(c5nc(N6CCC6)nc6c5SCC6)CC4)cc3C2=O)C(=O)N1. The zero-order chi connectivity index (χ0) is 26.7. The first kappa shape index (κ1) is 24.3. The number of piperazine rings is 1. The average molecular weight is 549 g/mol. The highest BCUT2D eigenvalue weighted by Crippen LogP contribution is 2.39. The molecule has 13 heteroatoms. The molecule has 0 unspecified atom stereocenters. The van der Waals surface area contributed by atoms with Crippen molar-refractivity contribution >= 4 is 47.3 Å². The lowest BCUT2D eigenvalue weighted by Gasteiger charge is -2.37. The average Bonchev–Trinajstić information content (AvgIpc) is 3.46. The number of nitrogens with zero attached hydrogens (tertiary/aromatic N) is 7. The van der Waals surface area contributed by atoms with Crippen LogP contribution in [0.5, 0.6) is 0 Å². The number of aryl methyl sites for hydroxylation is 1. The maximum Gasteiger partial charge on any atom is 0.343 e. The van der Waals surface area contributed by atoms with Crippen LogP contribution < -0.4 is 15.1 Å². The maximum absolute atomic E-state index is 13.1. The number of aromatic nitrogens is 2. The largest absolute Gasteiger partial charge is 0.353 e. The van der Waals surface area contributed by atoms with Gasteiger partial charge in [0.1, 0.15) is 5.82 Å². The summed E-state index contributed by atoms with van der Waals surface area (Å²) in [6.07, 6.45) is 2.22. The van der Waals surface area contributed by atoms with E-state index in [1.807, 2.05) is 17.8 Å². The second-order valence-electron chi connectivity index (χ2n) is 10.4. The van der Waals surface area contributed by atoms with Gasteiger partial charge in [-0.05, 0) is 24.1 Å². The van der Waals surface area contributed by atoms with Gasteiger partial charge in [0.2, 0.25) is 11.9 Å². The molecule has 1 N–H and O–H groups in total. The van der Waals surface area contributed by atoms with Crippen molar-refractivity contribution in [2.45, 2.75) is 30.7 Å². The lowest BCUT2D eigenvalue weighted by atomic mass is 10.1. The van der Waals surface area contributed by atoms with Gasteiger partial charge in [0.05, 0.1) is 28.3 Å². The van der Waals surface area contributed by atoms with E-state index >= 15 is 0 Å². The number of benzene rings is 1. The Morgan fingerprint density at radius 2 is 1.64 bits per heavy atom.